The average Bonchev–Trinajstić information content (AvgIpc) is 2.29. The zero-order valence-electron chi connectivity index (χ0n) is 11.7. The Morgan fingerprint density at radius 2 is 2.06 bits per heavy atom. The number of benzene rings is 1. The maximum Gasteiger partial charge on any atom is 0.128 e. The molecule has 0 heterocycles. The first-order valence-electron chi connectivity index (χ1n) is 6.25. The van der Waals surface area contributed by atoms with Gasteiger partial charge < -0.3 is 15.4 Å². The molecule has 0 unspecified atom stereocenters. The topological polar surface area (TPSA) is 38.5 Å². The maximum absolute atomic E-state index is 13.4. The molecular weight excluding hydrogens is 231 g/mol. The first-order chi connectivity index (χ1) is 8.45. The van der Waals surface area contributed by atoms with Gasteiger partial charge >= 0.3 is 0 Å². The summed E-state index contributed by atoms with van der Waals surface area (Å²) in [4.78, 5) is 2.15. The molecule has 1 aromatic carbocycles. The van der Waals surface area contributed by atoms with E-state index in [1.807, 2.05) is 6.07 Å². The van der Waals surface area contributed by atoms with Gasteiger partial charge in [-0.3, -0.25) is 0 Å². The SMILES string of the molecule is COCCN(CC(C)C)c1cc(C)c(F)cc1N. The maximum atomic E-state index is 13.4. The lowest BCUT2D eigenvalue weighted by Gasteiger charge is -2.28. The van der Waals surface area contributed by atoms with Crippen molar-refractivity contribution in [2.45, 2.75) is 20.8 Å². The molecule has 3 nitrogen and oxygen atoms in total. The van der Waals surface area contributed by atoms with Crippen molar-refractivity contribution < 1.29 is 9.13 Å². The highest BCUT2D eigenvalue weighted by molar-refractivity contribution is 5.68. The van der Waals surface area contributed by atoms with Gasteiger partial charge in [0.2, 0.25) is 0 Å². The van der Waals surface area contributed by atoms with Crippen LogP contribution >= 0.6 is 0 Å². The van der Waals surface area contributed by atoms with E-state index in [1.165, 1.54) is 6.07 Å². The number of rotatable bonds is 6. The Labute approximate surface area is 109 Å². The van der Waals surface area contributed by atoms with Crippen LogP contribution in [-0.2, 0) is 4.74 Å². The standard InChI is InChI=1S/C14H23FN2O/c1-10(2)9-17(5-6-18-4)14-7-11(3)12(15)8-13(14)16/h7-8,10H,5-6,9,16H2,1-4H3. The smallest absolute Gasteiger partial charge is 0.128 e. The van der Waals surface area contributed by atoms with Crippen molar-refractivity contribution in [3.63, 3.8) is 0 Å². The van der Waals surface area contributed by atoms with E-state index in [0.29, 0.717) is 23.8 Å². The van der Waals surface area contributed by atoms with E-state index in [9.17, 15) is 4.39 Å². The largest absolute Gasteiger partial charge is 0.397 e. The molecule has 2 N–H and O–H groups in total. The predicted molar refractivity (Wildman–Crippen MR) is 74.5 cm³/mol. The highest BCUT2D eigenvalue weighted by Crippen LogP contribution is 2.27. The van der Waals surface area contributed by atoms with Crippen LogP contribution in [0.3, 0.4) is 0 Å². The summed E-state index contributed by atoms with van der Waals surface area (Å²) in [5.41, 5.74) is 7.90. The first kappa shape index (κ1) is 14.8. The molecule has 0 saturated heterocycles. The van der Waals surface area contributed by atoms with Crippen LogP contribution in [0, 0.1) is 18.7 Å². The number of hydrogen-bond acceptors (Lipinski definition) is 3. The van der Waals surface area contributed by atoms with Crippen molar-refractivity contribution in [2.75, 3.05) is 37.4 Å². The van der Waals surface area contributed by atoms with Crippen molar-refractivity contribution in [1.29, 1.82) is 0 Å². The van der Waals surface area contributed by atoms with Crippen LogP contribution in [0.2, 0.25) is 0 Å². The summed E-state index contributed by atoms with van der Waals surface area (Å²) in [6.45, 7) is 8.30. The molecule has 1 rings (SSSR count). The highest BCUT2D eigenvalue weighted by atomic mass is 19.1. The molecule has 0 amide bonds. The van der Waals surface area contributed by atoms with Gasteiger partial charge in [0.1, 0.15) is 5.82 Å². The summed E-state index contributed by atoms with van der Waals surface area (Å²) in [6, 6.07) is 3.20. The van der Waals surface area contributed by atoms with Crippen LogP contribution in [0.15, 0.2) is 12.1 Å². The second-order valence-electron chi connectivity index (χ2n) is 4.99. The summed E-state index contributed by atoms with van der Waals surface area (Å²) in [6.07, 6.45) is 0. The lowest BCUT2D eigenvalue weighted by Crippen LogP contribution is -2.31. The van der Waals surface area contributed by atoms with Gasteiger partial charge in [-0.2, -0.15) is 0 Å². The number of halogens is 1. The number of ether oxygens (including phenoxy) is 1. The molecular formula is C14H23FN2O. The Bertz CT molecular complexity index is 394. The van der Waals surface area contributed by atoms with Crippen LogP contribution in [0.4, 0.5) is 15.8 Å². The number of nitrogens with two attached hydrogens (primary N) is 1. The summed E-state index contributed by atoms with van der Waals surface area (Å²) in [5, 5.41) is 0. The number of methoxy groups -OCH3 is 1. The van der Waals surface area contributed by atoms with Crippen LogP contribution in [0.1, 0.15) is 19.4 Å². The third-order valence-corrected chi connectivity index (χ3v) is 2.80. The number of anilines is 2. The zero-order valence-corrected chi connectivity index (χ0v) is 11.7. The molecule has 18 heavy (non-hydrogen) atoms. The van der Waals surface area contributed by atoms with Gasteiger partial charge in [0, 0.05) is 20.2 Å². The Balaban J connectivity index is 2.99. The molecule has 0 bridgehead atoms. The summed E-state index contributed by atoms with van der Waals surface area (Å²) >= 11 is 0. The van der Waals surface area contributed by atoms with E-state index < -0.39 is 0 Å². The summed E-state index contributed by atoms with van der Waals surface area (Å²) in [5.74, 6) is 0.249. The van der Waals surface area contributed by atoms with Crippen LogP contribution in [-0.4, -0.2) is 26.8 Å². The van der Waals surface area contributed by atoms with Crippen LogP contribution in [0.25, 0.3) is 0 Å². The van der Waals surface area contributed by atoms with Gasteiger partial charge in [0.25, 0.3) is 0 Å². The van der Waals surface area contributed by atoms with E-state index in [2.05, 4.69) is 18.7 Å². The van der Waals surface area contributed by atoms with Crippen LogP contribution in [0.5, 0.6) is 0 Å². The molecule has 0 aliphatic carbocycles. The minimum atomic E-state index is -0.257. The van der Waals surface area contributed by atoms with E-state index in [1.54, 1.807) is 14.0 Å². The van der Waals surface area contributed by atoms with E-state index in [4.69, 9.17) is 10.5 Å². The molecule has 0 spiro atoms. The summed E-state index contributed by atoms with van der Waals surface area (Å²) in [7, 11) is 1.67. The van der Waals surface area contributed by atoms with Crippen molar-refractivity contribution in [3.05, 3.63) is 23.5 Å². The molecule has 0 atom stereocenters. The Morgan fingerprint density at radius 1 is 1.39 bits per heavy atom. The number of aryl methyl sites for hydroxylation is 1. The fourth-order valence-corrected chi connectivity index (χ4v) is 1.91. The highest BCUT2D eigenvalue weighted by Gasteiger charge is 2.13. The molecule has 102 valence electrons. The molecule has 0 aliphatic rings. The molecule has 0 aromatic heterocycles. The third-order valence-electron chi connectivity index (χ3n) is 2.80. The number of nitrogens with zero attached hydrogens (tertiary/aromatic N) is 1. The van der Waals surface area contributed by atoms with Crippen molar-refractivity contribution in [3.8, 4) is 0 Å². The molecule has 0 aliphatic heterocycles. The van der Waals surface area contributed by atoms with Gasteiger partial charge in [-0.05, 0) is 30.5 Å². The van der Waals surface area contributed by atoms with Crippen molar-refractivity contribution in [2.24, 2.45) is 5.92 Å². The molecule has 0 fully saturated rings. The second kappa shape index (κ2) is 6.59. The average molecular weight is 254 g/mol. The van der Waals surface area contributed by atoms with Crippen molar-refractivity contribution in [1.82, 2.24) is 0 Å². The quantitative estimate of drug-likeness (QED) is 0.793. The van der Waals surface area contributed by atoms with Gasteiger partial charge in [-0.25, -0.2) is 4.39 Å². The number of hydrogen-bond donors (Lipinski definition) is 1. The minimum absolute atomic E-state index is 0.257. The summed E-state index contributed by atoms with van der Waals surface area (Å²) < 4.78 is 18.5. The Morgan fingerprint density at radius 3 is 2.61 bits per heavy atom. The fourth-order valence-electron chi connectivity index (χ4n) is 1.91. The normalized spacial score (nSPS) is 11.0. The monoisotopic (exact) mass is 254 g/mol. The Hall–Kier alpha value is -1.29. The fraction of sp³-hybridized carbons (Fsp3) is 0.571. The third kappa shape index (κ3) is 3.88. The van der Waals surface area contributed by atoms with Gasteiger partial charge in [-0.1, -0.05) is 13.8 Å². The molecule has 1 aromatic rings. The van der Waals surface area contributed by atoms with Crippen molar-refractivity contribution >= 4 is 11.4 Å². The molecule has 0 saturated carbocycles. The molecule has 0 radical (unpaired) electrons. The predicted octanol–water partition coefficient (Wildman–Crippen LogP) is 2.83. The molecule has 4 heteroatoms. The van der Waals surface area contributed by atoms with Gasteiger partial charge in [-0.15, -0.1) is 0 Å². The van der Waals surface area contributed by atoms with Gasteiger partial charge in [0.15, 0.2) is 0 Å². The van der Waals surface area contributed by atoms with Crippen LogP contribution < -0.4 is 10.6 Å². The number of nitrogen functional groups attached to an aromatic ring is 1. The Kier molecular flexibility index (Phi) is 5.41. The lowest BCUT2D eigenvalue weighted by atomic mass is 10.1. The first-order valence-corrected chi connectivity index (χ1v) is 6.25. The second-order valence-corrected chi connectivity index (χ2v) is 4.99. The van der Waals surface area contributed by atoms with Gasteiger partial charge in [0.05, 0.1) is 18.0 Å². The minimum Gasteiger partial charge on any atom is -0.397 e. The van der Waals surface area contributed by atoms with E-state index in [0.717, 1.165) is 18.8 Å². The zero-order chi connectivity index (χ0) is 13.7. The van der Waals surface area contributed by atoms with E-state index >= 15 is 0 Å². The lowest BCUT2D eigenvalue weighted by molar-refractivity contribution is 0.204. The van der Waals surface area contributed by atoms with E-state index in [-0.39, 0.29) is 5.82 Å².